The summed E-state index contributed by atoms with van der Waals surface area (Å²) in [6, 6.07) is 9.79. The number of ether oxygens (including phenoxy) is 1. The molecule has 0 radical (unpaired) electrons. The maximum absolute atomic E-state index is 13.2. The highest BCUT2D eigenvalue weighted by molar-refractivity contribution is 14.0. The molecule has 1 N–H and O–H groups in total. The molecule has 4 rings (SSSR count). The topological polar surface area (TPSA) is 49.8 Å². The highest BCUT2D eigenvalue weighted by atomic mass is 127. The van der Waals surface area contributed by atoms with Crippen molar-refractivity contribution in [2.45, 2.75) is 32.2 Å². The molecule has 0 unspecified atom stereocenters. The van der Waals surface area contributed by atoms with Crippen LogP contribution in [0.15, 0.2) is 47.6 Å². The van der Waals surface area contributed by atoms with Crippen molar-refractivity contribution in [2.24, 2.45) is 10.4 Å². The monoisotopic (exact) mass is 496 g/mol. The molecule has 2 fully saturated rings. The van der Waals surface area contributed by atoms with Crippen LogP contribution in [0.2, 0.25) is 0 Å². The average Bonchev–Trinajstić information content (AvgIpc) is 3.10. The molecule has 0 atom stereocenters. The van der Waals surface area contributed by atoms with Crippen LogP contribution in [-0.4, -0.2) is 36.0 Å². The number of guanidine groups is 1. The lowest BCUT2D eigenvalue weighted by molar-refractivity contribution is 0.151. The van der Waals surface area contributed by atoms with Gasteiger partial charge in [0.05, 0.1) is 0 Å². The lowest BCUT2D eigenvalue weighted by Gasteiger charge is -2.38. The van der Waals surface area contributed by atoms with Crippen LogP contribution in [0.25, 0.3) is 0 Å². The van der Waals surface area contributed by atoms with Crippen LogP contribution in [0, 0.1) is 11.2 Å². The second-order valence-electron chi connectivity index (χ2n) is 7.49. The molecule has 1 aromatic carbocycles. The number of aromatic nitrogens is 1. The largest absolute Gasteiger partial charge is 0.439 e. The number of aliphatic imine (C=N–C) groups is 1. The molecule has 7 heteroatoms. The summed E-state index contributed by atoms with van der Waals surface area (Å²) in [4.78, 5) is 11.1. The van der Waals surface area contributed by atoms with Crippen LogP contribution in [0.5, 0.6) is 11.6 Å². The highest BCUT2D eigenvalue weighted by Gasteiger charge is 2.43. The lowest BCUT2D eigenvalue weighted by atomic mass is 9.68. The molecule has 1 aromatic heterocycles. The third-order valence-electron chi connectivity index (χ3n) is 5.63. The quantitative estimate of drug-likeness (QED) is 0.383. The molecule has 28 heavy (non-hydrogen) atoms. The standard InChI is InChI=1S/C21H25FN4O.HI/c1-23-20(26-11-10-21(15-26)8-3-9-21)25-14-16-6-7-19(24-13-16)27-18-5-2-4-17(22)12-18;/h2,4-7,12-13H,3,8-11,14-15H2,1H3,(H,23,25);1H. The molecule has 5 nitrogen and oxygen atoms in total. The van der Waals surface area contributed by atoms with Crippen LogP contribution < -0.4 is 10.1 Å². The maximum Gasteiger partial charge on any atom is 0.219 e. The van der Waals surface area contributed by atoms with Gasteiger partial charge in [-0.2, -0.15) is 0 Å². The molecule has 1 saturated heterocycles. The number of hydrogen-bond acceptors (Lipinski definition) is 3. The van der Waals surface area contributed by atoms with Gasteiger partial charge in [0.1, 0.15) is 11.6 Å². The maximum atomic E-state index is 13.2. The smallest absolute Gasteiger partial charge is 0.219 e. The summed E-state index contributed by atoms with van der Waals surface area (Å²) in [7, 11) is 1.84. The molecule has 2 aliphatic rings. The third kappa shape index (κ3) is 4.74. The molecule has 0 bridgehead atoms. The fraction of sp³-hybridized carbons (Fsp3) is 0.429. The Morgan fingerprint density at radius 1 is 1.29 bits per heavy atom. The van der Waals surface area contributed by atoms with E-state index < -0.39 is 0 Å². The van der Waals surface area contributed by atoms with Crippen LogP contribution in [0.4, 0.5) is 4.39 Å². The Morgan fingerprint density at radius 2 is 2.14 bits per heavy atom. The zero-order chi connectivity index (χ0) is 18.7. The molecular formula is C21H26FIN4O. The van der Waals surface area contributed by atoms with Crippen molar-refractivity contribution in [3.05, 3.63) is 54.0 Å². The minimum Gasteiger partial charge on any atom is -0.439 e. The van der Waals surface area contributed by atoms with Gasteiger partial charge in [0.15, 0.2) is 5.96 Å². The van der Waals surface area contributed by atoms with E-state index >= 15 is 0 Å². The van der Waals surface area contributed by atoms with Crippen LogP contribution in [0.1, 0.15) is 31.2 Å². The number of hydrogen-bond donors (Lipinski definition) is 1. The van der Waals surface area contributed by atoms with E-state index in [1.807, 2.05) is 13.1 Å². The minimum atomic E-state index is -0.328. The molecule has 1 spiro atoms. The first-order valence-electron chi connectivity index (χ1n) is 9.50. The van der Waals surface area contributed by atoms with Crippen LogP contribution in [-0.2, 0) is 6.54 Å². The molecule has 1 aliphatic carbocycles. The fourth-order valence-corrected chi connectivity index (χ4v) is 3.94. The van der Waals surface area contributed by atoms with Gasteiger partial charge < -0.3 is 15.0 Å². The van der Waals surface area contributed by atoms with Gasteiger partial charge in [0.25, 0.3) is 0 Å². The van der Waals surface area contributed by atoms with Gasteiger partial charge in [-0.25, -0.2) is 9.37 Å². The van der Waals surface area contributed by atoms with E-state index in [0.717, 1.165) is 24.6 Å². The second kappa shape index (κ2) is 9.07. The normalized spacial score (nSPS) is 17.8. The van der Waals surface area contributed by atoms with Crippen molar-refractivity contribution in [2.75, 3.05) is 20.1 Å². The van der Waals surface area contributed by atoms with Gasteiger partial charge in [0.2, 0.25) is 5.88 Å². The Hall–Kier alpha value is -1.90. The SMILES string of the molecule is CN=C(NCc1ccc(Oc2cccc(F)c2)nc1)N1CCC2(CCC2)C1.I. The number of nitrogens with one attached hydrogen (secondary N) is 1. The Morgan fingerprint density at radius 3 is 2.75 bits per heavy atom. The van der Waals surface area contributed by atoms with Gasteiger partial charge in [-0.05, 0) is 42.4 Å². The Labute approximate surface area is 182 Å². The van der Waals surface area contributed by atoms with Gasteiger partial charge in [-0.15, -0.1) is 24.0 Å². The zero-order valence-electron chi connectivity index (χ0n) is 16.0. The Kier molecular flexibility index (Phi) is 6.74. The molecule has 1 aliphatic heterocycles. The van der Waals surface area contributed by atoms with Crippen LogP contribution in [0.3, 0.4) is 0 Å². The Balaban J connectivity index is 0.00000225. The third-order valence-corrected chi connectivity index (χ3v) is 5.63. The second-order valence-corrected chi connectivity index (χ2v) is 7.49. The van der Waals surface area contributed by atoms with Crippen molar-refractivity contribution in [1.82, 2.24) is 15.2 Å². The molecular weight excluding hydrogens is 470 g/mol. The predicted octanol–water partition coefficient (Wildman–Crippen LogP) is 4.58. The number of likely N-dealkylation sites (tertiary alicyclic amines) is 1. The van der Waals surface area contributed by atoms with E-state index in [4.69, 9.17) is 4.74 Å². The van der Waals surface area contributed by atoms with Gasteiger partial charge in [-0.3, -0.25) is 4.99 Å². The first kappa shape index (κ1) is 20.8. The summed E-state index contributed by atoms with van der Waals surface area (Å²) in [6.45, 7) is 2.85. The van der Waals surface area contributed by atoms with E-state index in [0.29, 0.717) is 23.6 Å². The van der Waals surface area contributed by atoms with Crippen molar-refractivity contribution >= 4 is 29.9 Å². The Bertz CT molecular complexity index is 823. The molecule has 2 aromatic rings. The number of benzene rings is 1. The summed E-state index contributed by atoms with van der Waals surface area (Å²) >= 11 is 0. The predicted molar refractivity (Wildman–Crippen MR) is 119 cm³/mol. The number of rotatable bonds is 4. The van der Waals surface area contributed by atoms with Gasteiger partial charge >= 0.3 is 0 Å². The van der Waals surface area contributed by atoms with Crippen molar-refractivity contribution in [3.8, 4) is 11.6 Å². The summed E-state index contributed by atoms with van der Waals surface area (Å²) < 4.78 is 18.8. The molecule has 1 saturated carbocycles. The fourth-order valence-electron chi connectivity index (χ4n) is 3.94. The summed E-state index contributed by atoms with van der Waals surface area (Å²) in [5, 5.41) is 3.44. The van der Waals surface area contributed by atoms with Gasteiger partial charge in [0, 0.05) is 45.0 Å². The van der Waals surface area contributed by atoms with E-state index in [9.17, 15) is 4.39 Å². The summed E-state index contributed by atoms with van der Waals surface area (Å²) in [5.41, 5.74) is 1.59. The van der Waals surface area contributed by atoms with Crippen molar-refractivity contribution < 1.29 is 9.13 Å². The lowest BCUT2D eigenvalue weighted by Crippen LogP contribution is -2.42. The van der Waals surface area contributed by atoms with E-state index in [-0.39, 0.29) is 29.8 Å². The van der Waals surface area contributed by atoms with Gasteiger partial charge in [-0.1, -0.05) is 18.6 Å². The first-order chi connectivity index (χ1) is 13.2. The molecule has 0 amide bonds. The van der Waals surface area contributed by atoms with E-state index in [1.54, 1.807) is 24.4 Å². The highest BCUT2D eigenvalue weighted by Crippen LogP contribution is 2.47. The zero-order valence-corrected chi connectivity index (χ0v) is 18.4. The molecule has 150 valence electrons. The summed E-state index contributed by atoms with van der Waals surface area (Å²) in [5.74, 6) is 1.51. The number of pyridine rings is 1. The van der Waals surface area contributed by atoms with Crippen LogP contribution >= 0.6 is 24.0 Å². The number of halogens is 2. The first-order valence-corrected chi connectivity index (χ1v) is 9.50. The van der Waals surface area contributed by atoms with E-state index in [1.165, 1.54) is 37.8 Å². The minimum absolute atomic E-state index is 0. The van der Waals surface area contributed by atoms with E-state index in [2.05, 4.69) is 20.2 Å². The van der Waals surface area contributed by atoms with Crippen molar-refractivity contribution in [3.63, 3.8) is 0 Å². The molecule has 2 heterocycles. The number of nitrogens with zero attached hydrogens (tertiary/aromatic N) is 3. The summed E-state index contributed by atoms with van der Waals surface area (Å²) in [6.07, 6.45) is 7.14. The average molecular weight is 496 g/mol. The van der Waals surface area contributed by atoms with Crippen molar-refractivity contribution in [1.29, 1.82) is 0 Å².